The number of rotatable bonds is 6. The molecule has 96 valence electrons. The van der Waals surface area contributed by atoms with E-state index in [-0.39, 0.29) is 11.6 Å². The molecule has 1 N–H and O–H groups in total. The summed E-state index contributed by atoms with van der Waals surface area (Å²) in [5.41, 5.74) is 0.597. The summed E-state index contributed by atoms with van der Waals surface area (Å²) in [5, 5.41) is 9.19. The van der Waals surface area contributed by atoms with Gasteiger partial charge in [0.05, 0.1) is 6.61 Å². The molecule has 0 saturated heterocycles. The van der Waals surface area contributed by atoms with E-state index in [9.17, 15) is 9.90 Å². The predicted molar refractivity (Wildman–Crippen MR) is 64.1 cm³/mol. The molecule has 0 saturated carbocycles. The molecule has 2 aromatic rings. The predicted octanol–water partition coefficient (Wildman–Crippen LogP) is 1.45. The van der Waals surface area contributed by atoms with Crippen molar-refractivity contribution in [3.63, 3.8) is 0 Å². The SMILES string of the molecule is COCCCOc1nc2ccccn2c1C(=O)O. The zero-order chi connectivity index (χ0) is 13.0. The molecule has 2 heterocycles. The second kappa shape index (κ2) is 5.50. The number of pyridine rings is 1. The molecule has 0 unspecified atom stereocenters. The average molecular weight is 250 g/mol. The Balaban J connectivity index is 2.25. The molecule has 0 spiro atoms. The van der Waals surface area contributed by atoms with Gasteiger partial charge in [0.25, 0.3) is 0 Å². The number of aromatic nitrogens is 2. The number of hydrogen-bond acceptors (Lipinski definition) is 4. The molecule has 6 heteroatoms. The second-order valence-corrected chi connectivity index (χ2v) is 3.69. The number of nitrogens with zero attached hydrogens (tertiary/aromatic N) is 2. The number of aromatic carboxylic acids is 1. The standard InChI is InChI=1S/C12H14N2O4/c1-17-7-4-8-18-11-10(12(15)16)14-6-3-2-5-9(14)13-11/h2-3,5-6H,4,7-8H2,1H3,(H,15,16). The van der Waals surface area contributed by atoms with Crippen molar-refractivity contribution >= 4 is 11.6 Å². The first kappa shape index (κ1) is 12.4. The zero-order valence-corrected chi connectivity index (χ0v) is 10.00. The summed E-state index contributed by atoms with van der Waals surface area (Å²) >= 11 is 0. The van der Waals surface area contributed by atoms with Crippen molar-refractivity contribution < 1.29 is 19.4 Å². The van der Waals surface area contributed by atoms with Gasteiger partial charge in [0.1, 0.15) is 5.65 Å². The first-order valence-corrected chi connectivity index (χ1v) is 5.56. The molecule has 0 amide bonds. The fourth-order valence-electron chi connectivity index (χ4n) is 1.64. The number of imidazole rings is 1. The van der Waals surface area contributed by atoms with E-state index in [2.05, 4.69) is 4.98 Å². The molecule has 0 aliphatic heterocycles. The third kappa shape index (κ3) is 2.43. The Labute approximate surface area is 104 Å². The van der Waals surface area contributed by atoms with Gasteiger partial charge in [-0.1, -0.05) is 6.07 Å². The maximum Gasteiger partial charge on any atom is 0.358 e. The molecule has 2 rings (SSSR count). The molecule has 0 aliphatic rings. The molecular formula is C12H14N2O4. The molecule has 2 aromatic heterocycles. The molecule has 18 heavy (non-hydrogen) atoms. The van der Waals surface area contributed by atoms with Crippen LogP contribution in [-0.4, -0.2) is 40.8 Å². The van der Waals surface area contributed by atoms with Crippen LogP contribution in [0.3, 0.4) is 0 Å². The summed E-state index contributed by atoms with van der Waals surface area (Å²) in [4.78, 5) is 15.4. The smallest absolute Gasteiger partial charge is 0.358 e. The first-order valence-electron chi connectivity index (χ1n) is 5.56. The van der Waals surface area contributed by atoms with Gasteiger partial charge in [0.2, 0.25) is 5.88 Å². The Morgan fingerprint density at radius 2 is 2.28 bits per heavy atom. The summed E-state index contributed by atoms with van der Waals surface area (Å²) in [6, 6.07) is 5.27. The number of methoxy groups -OCH3 is 1. The van der Waals surface area contributed by atoms with Gasteiger partial charge >= 0.3 is 5.97 Å². The Kier molecular flexibility index (Phi) is 3.78. The summed E-state index contributed by atoms with van der Waals surface area (Å²) in [6.07, 6.45) is 2.33. The minimum Gasteiger partial charge on any atom is -0.476 e. The number of carbonyl (C=O) groups is 1. The molecular weight excluding hydrogens is 236 g/mol. The number of ether oxygens (including phenoxy) is 2. The van der Waals surface area contributed by atoms with Crippen molar-refractivity contribution in [2.24, 2.45) is 0 Å². The highest BCUT2D eigenvalue weighted by atomic mass is 16.5. The average Bonchev–Trinajstić information content (AvgIpc) is 2.73. The molecule has 0 radical (unpaired) electrons. The van der Waals surface area contributed by atoms with Crippen molar-refractivity contribution in [2.75, 3.05) is 20.3 Å². The molecule has 0 bridgehead atoms. The van der Waals surface area contributed by atoms with Crippen molar-refractivity contribution in [1.29, 1.82) is 0 Å². The van der Waals surface area contributed by atoms with E-state index in [0.29, 0.717) is 25.3 Å². The second-order valence-electron chi connectivity index (χ2n) is 3.69. The van der Waals surface area contributed by atoms with Gasteiger partial charge in [-0.2, -0.15) is 4.98 Å². The highest BCUT2D eigenvalue weighted by molar-refractivity contribution is 5.89. The lowest BCUT2D eigenvalue weighted by Gasteiger charge is -2.03. The van der Waals surface area contributed by atoms with Gasteiger partial charge in [-0.15, -0.1) is 0 Å². The minimum absolute atomic E-state index is 0.0445. The Hall–Kier alpha value is -2.08. The lowest BCUT2D eigenvalue weighted by Crippen LogP contribution is -2.07. The number of carboxylic acid groups (broad SMARTS) is 1. The van der Waals surface area contributed by atoms with E-state index < -0.39 is 5.97 Å². The van der Waals surface area contributed by atoms with Crippen molar-refractivity contribution in [1.82, 2.24) is 9.38 Å². The van der Waals surface area contributed by atoms with Crippen LogP contribution in [0.5, 0.6) is 5.88 Å². The largest absolute Gasteiger partial charge is 0.476 e. The van der Waals surface area contributed by atoms with Gasteiger partial charge in [0.15, 0.2) is 5.69 Å². The van der Waals surface area contributed by atoms with E-state index in [1.165, 1.54) is 4.40 Å². The third-order valence-corrected chi connectivity index (χ3v) is 2.43. The number of carboxylic acids is 1. The van der Waals surface area contributed by atoms with Crippen LogP contribution >= 0.6 is 0 Å². The topological polar surface area (TPSA) is 73.1 Å². The summed E-state index contributed by atoms with van der Waals surface area (Å²) in [7, 11) is 1.60. The van der Waals surface area contributed by atoms with Gasteiger partial charge in [-0.05, 0) is 12.1 Å². The van der Waals surface area contributed by atoms with Crippen LogP contribution < -0.4 is 4.74 Å². The molecule has 0 fully saturated rings. The Morgan fingerprint density at radius 3 is 3.00 bits per heavy atom. The van der Waals surface area contributed by atoms with Crippen LogP contribution in [0.15, 0.2) is 24.4 Å². The van der Waals surface area contributed by atoms with Crippen LogP contribution in [0.4, 0.5) is 0 Å². The van der Waals surface area contributed by atoms with Crippen molar-refractivity contribution in [3.8, 4) is 5.88 Å². The maximum absolute atomic E-state index is 11.2. The minimum atomic E-state index is -1.06. The summed E-state index contributed by atoms with van der Waals surface area (Å²) in [5.74, 6) is -0.916. The lowest BCUT2D eigenvalue weighted by atomic mass is 10.4. The number of hydrogen-bond donors (Lipinski definition) is 1. The van der Waals surface area contributed by atoms with Crippen LogP contribution in [0.1, 0.15) is 16.9 Å². The van der Waals surface area contributed by atoms with Gasteiger partial charge < -0.3 is 14.6 Å². The van der Waals surface area contributed by atoms with E-state index in [1.54, 1.807) is 31.5 Å². The van der Waals surface area contributed by atoms with Crippen LogP contribution in [-0.2, 0) is 4.74 Å². The maximum atomic E-state index is 11.2. The number of fused-ring (bicyclic) bond motifs is 1. The fraction of sp³-hybridized carbons (Fsp3) is 0.333. The van der Waals surface area contributed by atoms with Crippen LogP contribution in [0.2, 0.25) is 0 Å². The van der Waals surface area contributed by atoms with E-state index in [0.717, 1.165) is 0 Å². The van der Waals surface area contributed by atoms with Gasteiger partial charge in [-0.25, -0.2) is 4.79 Å². The van der Waals surface area contributed by atoms with Gasteiger partial charge in [-0.3, -0.25) is 4.40 Å². The molecule has 0 atom stereocenters. The fourth-order valence-corrected chi connectivity index (χ4v) is 1.64. The zero-order valence-electron chi connectivity index (χ0n) is 10.00. The van der Waals surface area contributed by atoms with Crippen LogP contribution in [0, 0.1) is 0 Å². The highest BCUT2D eigenvalue weighted by Crippen LogP contribution is 2.19. The van der Waals surface area contributed by atoms with E-state index >= 15 is 0 Å². The van der Waals surface area contributed by atoms with E-state index in [1.807, 2.05) is 0 Å². The highest BCUT2D eigenvalue weighted by Gasteiger charge is 2.19. The quantitative estimate of drug-likeness (QED) is 0.785. The first-order chi connectivity index (χ1) is 8.74. The summed E-state index contributed by atoms with van der Waals surface area (Å²) in [6.45, 7) is 0.938. The van der Waals surface area contributed by atoms with Crippen LogP contribution in [0.25, 0.3) is 5.65 Å². The van der Waals surface area contributed by atoms with Crippen molar-refractivity contribution in [3.05, 3.63) is 30.1 Å². The monoisotopic (exact) mass is 250 g/mol. The lowest BCUT2D eigenvalue weighted by molar-refractivity contribution is 0.0683. The molecule has 0 aliphatic carbocycles. The normalized spacial score (nSPS) is 10.7. The Bertz CT molecular complexity index is 550. The molecule has 0 aromatic carbocycles. The van der Waals surface area contributed by atoms with Gasteiger partial charge in [0, 0.05) is 26.3 Å². The Morgan fingerprint density at radius 1 is 1.44 bits per heavy atom. The summed E-state index contributed by atoms with van der Waals surface area (Å²) < 4.78 is 11.8. The van der Waals surface area contributed by atoms with E-state index in [4.69, 9.17) is 9.47 Å². The molecule has 6 nitrogen and oxygen atoms in total. The van der Waals surface area contributed by atoms with Crippen molar-refractivity contribution in [2.45, 2.75) is 6.42 Å². The third-order valence-electron chi connectivity index (χ3n) is 2.43.